The van der Waals surface area contributed by atoms with Crippen LogP contribution in [0.15, 0.2) is 53.0 Å². The Hall–Kier alpha value is -2.78. The van der Waals surface area contributed by atoms with E-state index in [4.69, 9.17) is 4.74 Å². The van der Waals surface area contributed by atoms with Crippen LogP contribution in [0.3, 0.4) is 0 Å². The average Bonchev–Trinajstić information content (AvgIpc) is 3.09. The minimum atomic E-state index is -3.84. The quantitative estimate of drug-likeness (QED) is 0.650. The summed E-state index contributed by atoms with van der Waals surface area (Å²) in [7, 11) is -2.38. The molecule has 1 N–H and O–H groups in total. The van der Waals surface area contributed by atoms with E-state index < -0.39 is 10.0 Å². The van der Waals surface area contributed by atoms with E-state index in [0.29, 0.717) is 16.0 Å². The van der Waals surface area contributed by atoms with Crippen LogP contribution in [-0.4, -0.2) is 31.3 Å². The molecule has 0 unspecified atom stereocenters. The second-order valence-electron chi connectivity index (χ2n) is 5.31. The summed E-state index contributed by atoms with van der Waals surface area (Å²) < 4.78 is 32.8. The maximum atomic E-state index is 12.7. The summed E-state index contributed by atoms with van der Waals surface area (Å²) in [5.41, 5.74) is 1.58. The summed E-state index contributed by atoms with van der Waals surface area (Å²) in [5.74, 6) is -0.193. The van der Waals surface area contributed by atoms with Gasteiger partial charge >= 0.3 is 6.01 Å². The molecule has 0 radical (unpaired) electrons. The Bertz CT molecular complexity index is 1040. The SMILES string of the molecule is COc1ncc(-c2cccc(S(=O)(=O)Nc3ccsc3C(C)=O)c2)cn1. The Kier molecular flexibility index (Phi) is 5.01. The van der Waals surface area contributed by atoms with Crippen molar-refractivity contribution >= 4 is 32.8 Å². The van der Waals surface area contributed by atoms with Gasteiger partial charge in [0.25, 0.3) is 10.0 Å². The summed E-state index contributed by atoms with van der Waals surface area (Å²) >= 11 is 1.19. The van der Waals surface area contributed by atoms with Crippen LogP contribution in [0.25, 0.3) is 11.1 Å². The second kappa shape index (κ2) is 7.22. The van der Waals surface area contributed by atoms with Crippen LogP contribution < -0.4 is 9.46 Å². The van der Waals surface area contributed by atoms with Gasteiger partial charge in [0.1, 0.15) is 0 Å². The van der Waals surface area contributed by atoms with Crippen LogP contribution in [0.2, 0.25) is 0 Å². The van der Waals surface area contributed by atoms with Crippen molar-refractivity contribution in [2.24, 2.45) is 0 Å². The van der Waals surface area contributed by atoms with E-state index in [1.807, 2.05) is 0 Å². The third kappa shape index (κ3) is 3.73. The number of carbonyl (C=O) groups excluding carboxylic acids is 1. The van der Waals surface area contributed by atoms with Crippen LogP contribution in [0, 0.1) is 0 Å². The molecule has 3 aromatic rings. The number of nitrogens with one attached hydrogen (secondary N) is 1. The second-order valence-corrected chi connectivity index (χ2v) is 7.91. The number of hydrogen-bond donors (Lipinski definition) is 1. The van der Waals surface area contributed by atoms with Crippen LogP contribution in [0.5, 0.6) is 6.01 Å². The van der Waals surface area contributed by atoms with E-state index >= 15 is 0 Å². The monoisotopic (exact) mass is 389 g/mol. The number of methoxy groups -OCH3 is 1. The van der Waals surface area contributed by atoms with Gasteiger partial charge in [0, 0.05) is 24.9 Å². The van der Waals surface area contributed by atoms with Gasteiger partial charge in [0.05, 0.1) is 22.6 Å². The lowest BCUT2D eigenvalue weighted by molar-refractivity contribution is 0.102. The summed E-state index contributed by atoms with van der Waals surface area (Å²) in [4.78, 5) is 20.1. The third-order valence-electron chi connectivity index (χ3n) is 3.52. The minimum absolute atomic E-state index is 0.0755. The predicted molar refractivity (Wildman–Crippen MR) is 99.2 cm³/mol. The van der Waals surface area contributed by atoms with Crippen molar-refractivity contribution in [2.75, 3.05) is 11.8 Å². The van der Waals surface area contributed by atoms with Crippen molar-refractivity contribution in [1.29, 1.82) is 0 Å². The molecule has 0 aliphatic carbocycles. The Balaban J connectivity index is 1.93. The van der Waals surface area contributed by atoms with Gasteiger partial charge in [-0.15, -0.1) is 11.3 Å². The molecule has 0 saturated heterocycles. The van der Waals surface area contributed by atoms with Crippen molar-refractivity contribution in [3.8, 4) is 17.1 Å². The molecule has 2 aromatic heterocycles. The van der Waals surface area contributed by atoms with Gasteiger partial charge in [-0.2, -0.15) is 0 Å². The number of aromatic nitrogens is 2. The van der Waals surface area contributed by atoms with E-state index in [1.54, 1.807) is 36.0 Å². The highest BCUT2D eigenvalue weighted by molar-refractivity contribution is 7.92. The molecule has 7 nitrogen and oxygen atoms in total. The fourth-order valence-corrected chi connectivity index (χ4v) is 4.21. The normalized spacial score (nSPS) is 11.2. The van der Waals surface area contributed by atoms with Crippen molar-refractivity contribution in [3.63, 3.8) is 0 Å². The van der Waals surface area contributed by atoms with Crippen molar-refractivity contribution in [1.82, 2.24) is 9.97 Å². The van der Waals surface area contributed by atoms with E-state index in [0.717, 1.165) is 0 Å². The van der Waals surface area contributed by atoms with Gasteiger partial charge < -0.3 is 4.74 Å². The van der Waals surface area contributed by atoms with E-state index in [-0.39, 0.29) is 22.4 Å². The molecule has 0 amide bonds. The Morgan fingerprint density at radius 2 is 1.88 bits per heavy atom. The van der Waals surface area contributed by atoms with Crippen LogP contribution >= 0.6 is 11.3 Å². The largest absolute Gasteiger partial charge is 0.467 e. The van der Waals surface area contributed by atoms with Gasteiger partial charge in [-0.3, -0.25) is 9.52 Å². The van der Waals surface area contributed by atoms with Crippen molar-refractivity contribution in [2.45, 2.75) is 11.8 Å². The average molecular weight is 389 g/mol. The highest BCUT2D eigenvalue weighted by Crippen LogP contribution is 2.27. The fourth-order valence-electron chi connectivity index (χ4n) is 2.28. The summed E-state index contributed by atoms with van der Waals surface area (Å²) in [6.07, 6.45) is 3.11. The first-order chi connectivity index (χ1) is 12.4. The number of ketones is 1. The first kappa shape index (κ1) is 18.0. The zero-order valence-corrected chi connectivity index (χ0v) is 15.6. The van der Waals surface area contributed by atoms with Crippen LogP contribution in [0.4, 0.5) is 5.69 Å². The minimum Gasteiger partial charge on any atom is -0.467 e. The number of sulfonamides is 1. The topological polar surface area (TPSA) is 98.2 Å². The number of ether oxygens (including phenoxy) is 1. The molecule has 0 aliphatic rings. The molecule has 0 aliphatic heterocycles. The number of Topliss-reactive ketones (excluding diaryl/α,β-unsaturated/α-hetero) is 1. The number of anilines is 1. The number of carbonyl (C=O) groups is 1. The molecule has 0 bridgehead atoms. The molecule has 0 spiro atoms. The van der Waals surface area contributed by atoms with E-state index in [9.17, 15) is 13.2 Å². The first-order valence-corrected chi connectivity index (χ1v) is 9.85. The van der Waals surface area contributed by atoms with Gasteiger partial charge in [0.15, 0.2) is 5.78 Å². The van der Waals surface area contributed by atoms with Crippen LogP contribution in [0.1, 0.15) is 16.6 Å². The molecule has 134 valence electrons. The Morgan fingerprint density at radius 3 is 2.54 bits per heavy atom. The number of rotatable bonds is 6. The van der Waals surface area contributed by atoms with Gasteiger partial charge in [0.2, 0.25) is 0 Å². The molecule has 3 rings (SSSR count). The molecule has 2 heterocycles. The van der Waals surface area contributed by atoms with E-state index in [2.05, 4.69) is 14.7 Å². The van der Waals surface area contributed by atoms with Crippen molar-refractivity contribution in [3.05, 3.63) is 53.0 Å². The molecule has 0 saturated carbocycles. The smallest absolute Gasteiger partial charge is 0.316 e. The summed E-state index contributed by atoms with van der Waals surface area (Å²) in [6, 6.07) is 8.20. The lowest BCUT2D eigenvalue weighted by atomic mass is 10.1. The number of benzene rings is 1. The Morgan fingerprint density at radius 1 is 1.15 bits per heavy atom. The first-order valence-electron chi connectivity index (χ1n) is 7.48. The standard InChI is InChI=1S/C17H15N3O4S2/c1-11(21)16-15(6-7-25-16)20-26(22,23)14-5-3-4-12(8-14)13-9-18-17(24-2)19-10-13/h3-10,20H,1-2H3. The lowest BCUT2D eigenvalue weighted by Crippen LogP contribution is -2.14. The maximum Gasteiger partial charge on any atom is 0.316 e. The van der Waals surface area contributed by atoms with Crippen molar-refractivity contribution < 1.29 is 17.9 Å². The molecule has 1 aromatic carbocycles. The molecule has 9 heteroatoms. The maximum absolute atomic E-state index is 12.7. The van der Waals surface area contributed by atoms with Gasteiger partial charge in [-0.25, -0.2) is 18.4 Å². The number of nitrogens with zero attached hydrogens (tertiary/aromatic N) is 2. The Labute approximate surface area is 154 Å². The highest BCUT2D eigenvalue weighted by Gasteiger charge is 2.19. The molecular weight excluding hydrogens is 374 g/mol. The molecule has 26 heavy (non-hydrogen) atoms. The lowest BCUT2D eigenvalue weighted by Gasteiger charge is -2.09. The highest BCUT2D eigenvalue weighted by atomic mass is 32.2. The predicted octanol–water partition coefficient (Wildman–Crippen LogP) is 3.22. The fraction of sp³-hybridized carbons (Fsp3) is 0.118. The number of hydrogen-bond acceptors (Lipinski definition) is 7. The molecule has 0 atom stereocenters. The molecular formula is C17H15N3O4S2. The third-order valence-corrected chi connectivity index (χ3v) is 5.90. The zero-order chi connectivity index (χ0) is 18.7. The summed E-state index contributed by atoms with van der Waals surface area (Å²) in [5, 5.41) is 1.67. The zero-order valence-electron chi connectivity index (χ0n) is 14.0. The van der Waals surface area contributed by atoms with Crippen LogP contribution in [-0.2, 0) is 10.0 Å². The van der Waals surface area contributed by atoms with Gasteiger partial charge in [-0.05, 0) is 29.1 Å². The molecule has 0 fully saturated rings. The van der Waals surface area contributed by atoms with Gasteiger partial charge in [-0.1, -0.05) is 12.1 Å². The van der Waals surface area contributed by atoms with E-state index in [1.165, 1.54) is 37.5 Å². The number of thiophene rings is 1. The summed E-state index contributed by atoms with van der Waals surface area (Å²) in [6.45, 7) is 1.40.